The minimum atomic E-state index is -3.62. The summed E-state index contributed by atoms with van der Waals surface area (Å²) >= 11 is 0. The number of benzene rings is 1. The van der Waals surface area contributed by atoms with Crippen LogP contribution < -0.4 is 5.32 Å². The van der Waals surface area contributed by atoms with E-state index in [9.17, 15) is 16.8 Å². The Kier molecular flexibility index (Phi) is 6.18. The van der Waals surface area contributed by atoms with Crippen LogP contribution in [-0.4, -0.2) is 53.1 Å². The van der Waals surface area contributed by atoms with Gasteiger partial charge in [0.2, 0.25) is 10.0 Å². The Balaban J connectivity index is 0.00000220. The van der Waals surface area contributed by atoms with Crippen molar-refractivity contribution in [1.82, 2.24) is 9.62 Å². The highest BCUT2D eigenvalue weighted by Gasteiger charge is 2.26. The molecule has 0 atom stereocenters. The number of piperazine rings is 1. The van der Waals surface area contributed by atoms with Crippen molar-refractivity contribution in [3.63, 3.8) is 0 Å². The summed E-state index contributed by atoms with van der Waals surface area (Å²) in [5.74, 6) is -0.0515. The fourth-order valence-electron chi connectivity index (χ4n) is 2.03. The molecule has 1 saturated heterocycles. The molecule has 1 N–H and O–H groups in total. The summed E-state index contributed by atoms with van der Waals surface area (Å²) in [7, 11) is -7.03. The van der Waals surface area contributed by atoms with E-state index in [4.69, 9.17) is 0 Å². The number of rotatable bonds is 4. The number of nitrogens with one attached hydrogen (secondary N) is 1. The largest absolute Gasteiger partial charge is 0.314 e. The fraction of sp³-hybridized carbons (Fsp3) is 0.500. The lowest BCUT2D eigenvalue weighted by molar-refractivity contribution is 0.360. The van der Waals surface area contributed by atoms with Crippen LogP contribution in [0, 0.1) is 0 Å². The van der Waals surface area contributed by atoms with Crippen molar-refractivity contribution in [3.8, 4) is 0 Å². The molecule has 9 heteroatoms. The third-order valence-electron chi connectivity index (χ3n) is 3.26. The Morgan fingerprint density at radius 2 is 1.67 bits per heavy atom. The van der Waals surface area contributed by atoms with Crippen LogP contribution in [0.4, 0.5) is 0 Å². The quantitative estimate of drug-likeness (QED) is 0.851. The lowest BCUT2D eigenvalue weighted by Crippen LogP contribution is -2.46. The first-order valence-corrected chi connectivity index (χ1v) is 9.51. The number of sulfonamides is 1. The van der Waals surface area contributed by atoms with Crippen LogP contribution >= 0.6 is 12.4 Å². The Bertz CT molecular complexity index is 683. The van der Waals surface area contributed by atoms with E-state index in [0.29, 0.717) is 26.2 Å². The number of hydrogen-bond acceptors (Lipinski definition) is 5. The lowest BCUT2D eigenvalue weighted by Gasteiger charge is -2.26. The molecule has 0 bridgehead atoms. The smallest absolute Gasteiger partial charge is 0.243 e. The van der Waals surface area contributed by atoms with Gasteiger partial charge in [-0.1, -0.05) is 13.0 Å². The van der Waals surface area contributed by atoms with Gasteiger partial charge in [-0.3, -0.25) is 0 Å². The van der Waals surface area contributed by atoms with Gasteiger partial charge >= 0.3 is 0 Å². The van der Waals surface area contributed by atoms with Gasteiger partial charge in [0.15, 0.2) is 9.84 Å². The Morgan fingerprint density at radius 1 is 1.10 bits per heavy atom. The zero-order valence-electron chi connectivity index (χ0n) is 11.6. The maximum absolute atomic E-state index is 12.5. The monoisotopic (exact) mass is 354 g/mol. The van der Waals surface area contributed by atoms with Crippen LogP contribution in [0.3, 0.4) is 0 Å². The Hall–Kier alpha value is -0.670. The van der Waals surface area contributed by atoms with E-state index < -0.39 is 19.9 Å². The van der Waals surface area contributed by atoms with Crippen molar-refractivity contribution >= 4 is 32.3 Å². The summed E-state index contributed by atoms with van der Waals surface area (Å²) < 4.78 is 50.0. The predicted octanol–water partition coefficient (Wildman–Crippen LogP) is 0.496. The van der Waals surface area contributed by atoms with Crippen molar-refractivity contribution in [1.29, 1.82) is 0 Å². The summed E-state index contributed by atoms with van der Waals surface area (Å²) in [4.78, 5) is 0.0881. The van der Waals surface area contributed by atoms with Crippen LogP contribution in [0.1, 0.15) is 6.92 Å². The molecule has 1 aromatic carbocycles. The number of hydrogen-bond donors (Lipinski definition) is 1. The highest BCUT2D eigenvalue weighted by atomic mass is 35.5. The molecule has 21 heavy (non-hydrogen) atoms. The molecule has 6 nitrogen and oxygen atoms in total. The van der Waals surface area contributed by atoms with E-state index in [1.165, 1.54) is 35.5 Å². The fourth-order valence-corrected chi connectivity index (χ4v) is 4.52. The molecule has 0 aliphatic carbocycles. The minimum absolute atomic E-state index is 0. The van der Waals surface area contributed by atoms with E-state index in [0.717, 1.165) is 0 Å². The molecule has 0 unspecified atom stereocenters. The third-order valence-corrected chi connectivity index (χ3v) is 6.89. The van der Waals surface area contributed by atoms with Gasteiger partial charge in [0.1, 0.15) is 0 Å². The SMILES string of the molecule is CCS(=O)(=O)c1cccc(S(=O)(=O)N2CCNCC2)c1.Cl. The van der Waals surface area contributed by atoms with Gasteiger partial charge in [0.25, 0.3) is 0 Å². The van der Waals surface area contributed by atoms with Crippen LogP contribution in [0.5, 0.6) is 0 Å². The molecule has 2 rings (SSSR count). The predicted molar refractivity (Wildman–Crippen MR) is 83.0 cm³/mol. The van der Waals surface area contributed by atoms with Gasteiger partial charge in [-0.25, -0.2) is 16.8 Å². The molecule has 1 heterocycles. The Morgan fingerprint density at radius 3 is 2.24 bits per heavy atom. The van der Waals surface area contributed by atoms with Gasteiger partial charge < -0.3 is 5.32 Å². The van der Waals surface area contributed by atoms with Gasteiger partial charge in [0, 0.05) is 26.2 Å². The lowest BCUT2D eigenvalue weighted by atomic mass is 10.4. The second-order valence-corrected chi connectivity index (χ2v) is 8.75. The molecule has 1 aliphatic rings. The second kappa shape index (κ2) is 7.06. The van der Waals surface area contributed by atoms with E-state index in [2.05, 4.69) is 5.32 Å². The van der Waals surface area contributed by atoms with E-state index >= 15 is 0 Å². The first-order valence-electron chi connectivity index (χ1n) is 6.41. The highest BCUT2D eigenvalue weighted by molar-refractivity contribution is 7.91. The van der Waals surface area contributed by atoms with Crippen LogP contribution in [0.2, 0.25) is 0 Å². The van der Waals surface area contributed by atoms with Crippen molar-refractivity contribution in [3.05, 3.63) is 24.3 Å². The number of nitrogens with zero attached hydrogens (tertiary/aromatic N) is 1. The summed E-state index contributed by atoms with van der Waals surface area (Å²) in [5, 5.41) is 3.08. The molecule has 120 valence electrons. The highest BCUT2D eigenvalue weighted by Crippen LogP contribution is 2.20. The van der Waals surface area contributed by atoms with Crippen LogP contribution in [0.15, 0.2) is 34.1 Å². The molecule has 0 radical (unpaired) electrons. The standard InChI is InChI=1S/C12H18N2O4S2.ClH/c1-2-19(15,16)11-4-3-5-12(10-11)20(17,18)14-8-6-13-7-9-14;/h3-5,10,13H,2,6-9H2,1H3;1H. The summed E-state index contributed by atoms with van der Waals surface area (Å²) in [6, 6.07) is 5.58. The number of sulfone groups is 1. The van der Waals surface area contributed by atoms with E-state index in [1.54, 1.807) is 0 Å². The summed E-state index contributed by atoms with van der Waals surface area (Å²) in [5.41, 5.74) is 0. The average molecular weight is 355 g/mol. The molecule has 0 amide bonds. The molecule has 0 aromatic heterocycles. The van der Waals surface area contributed by atoms with E-state index in [1.807, 2.05) is 0 Å². The summed E-state index contributed by atoms with van der Waals surface area (Å²) in [6.45, 7) is 3.53. The van der Waals surface area contributed by atoms with Crippen LogP contribution in [-0.2, 0) is 19.9 Å². The van der Waals surface area contributed by atoms with E-state index in [-0.39, 0.29) is 28.0 Å². The zero-order chi connectivity index (χ0) is 14.8. The molecule has 0 spiro atoms. The van der Waals surface area contributed by atoms with Gasteiger partial charge in [-0.05, 0) is 18.2 Å². The van der Waals surface area contributed by atoms with Crippen LogP contribution in [0.25, 0.3) is 0 Å². The normalized spacial score (nSPS) is 17.2. The van der Waals surface area contributed by atoms with Crippen molar-refractivity contribution in [2.24, 2.45) is 0 Å². The maximum Gasteiger partial charge on any atom is 0.243 e. The zero-order valence-corrected chi connectivity index (χ0v) is 14.1. The van der Waals surface area contributed by atoms with Crippen molar-refractivity contribution in [2.75, 3.05) is 31.9 Å². The first-order chi connectivity index (χ1) is 9.38. The molecule has 0 saturated carbocycles. The topological polar surface area (TPSA) is 83.5 Å². The Labute approximate surface area is 131 Å². The summed E-state index contributed by atoms with van der Waals surface area (Å²) in [6.07, 6.45) is 0. The third kappa shape index (κ3) is 3.95. The average Bonchev–Trinajstić information content (AvgIpc) is 2.48. The first kappa shape index (κ1) is 18.4. The van der Waals surface area contributed by atoms with Gasteiger partial charge in [-0.2, -0.15) is 4.31 Å². The second-order valence-electron chi connectivity index (χ2n) is 4.53. The molecule has 1 aliphatic heterocycles. The van der Waals surface area contributed by atoms with Gasteiger partial charge in [0.05, 0.1) is 15.5 Å². The molecular formula is C12H19ClN2O4S2. The van der Waals surface area contributed by atoms with Crippen molar-refractivity contribution in [2.45, 2.75) is 16.7 Å². The maximum atomic E-state index is 12.5. The number of halogens is 1. The minimum Gasteiger partial charge on any atom is -0.314 e. The molecule has 1 fully saturated rings. The van der Waals surface area contributed by atoms with Gasteiger partial charge in [-0.15, -0.1) is 12.4 Å². The van der Waals surface area contributed by atoms with Crippen molar-refractivity contribution < 1.29 is 16.8 Å². The molecule has 1 aromatic rings. The molecular weight excluding hydrogens is 336 g/mol.